The first-order valence-corrected chi connectivity index (χ1v) is 11.5. The Morgan fingerprint density at radius 1 is 1.09 bits per heavy atom. The fourth-order valence-electron chi connectivity index (χ4n) is 4.75. The van der Waals surface area contributed by atoms with E-state index in [2.05, 4.69) is 17.1 Å². The molecule has 6 heteroatoms. The molecule has 1 N–H and O–H groups in total. The van der Waals surface area contributed by atoms with Gasteiger partial charge in [0.25, 0.3) is 0 Å². The summed E-state index contributed by atoms with van der Waals surface area (Å²) in [6.07, 6.45) is 4.39. The van der Waals surface area contributed by atoms with E-state index in [1.807, 2.05) is 35.3 Å². The summed E-state index contributed by atoms with van der Waals surface area (Å²) >= 11 is 0. The number of carbonyl (C=O) groups excluding carboxylic acids is 2. The molecule has 1 heterocycles. The van der Waals surface area contributed by atoms with Crippen molar-refractivity contribution in [3.8, 4) is 0 Å². The highest BCUT2D eigenvalue weighted by Gasteiger charge is 2.50. The summed E-state index contributed by atoms with van der Waals surface area (Å²) in [5.74, 6) is -0.211. The molecule has 6 nitrogen and oxygen atoms in total. The maximum absolute atomic E-state index is 12.6. The van der Waals surface area contributed by atoms with Crippen molar-refractivity contribution in [1.82, 2.24) is 10.0 Å². The minimum Gasteiger partial charge on any atom is -0.465 e. The number of hydrogen-bond donors (Lipinski definition) is 1. The minimum absolute atomic E-state index is 0.118. The third-order valence-corrected chi connectivity index (χ3v) is 6.86. The predicted octanol–water partition coefficient (Wildman–Crippen LogP) is 3.34. The van der Waals surface area contributed by atoms with Gasteiger partial charge in [0.05, 0.1) is 18.8 Å². The summed E-state index contributed by atoms with van der Waals surface area (Å²) in [6, 6.07) is 17.6. The molecule has 32 heavy (non-hydrogen) atoms. The van der Waals surface area contributed by atoms with E-state index in [9.17, 15) is 14.7 Å². The zero-order valence-corrected chi connectivity index (χ0v) is 18.7. The van der Waals surface area contributed by atoms with Crippen molar-refractivity contribution in [3.05, 3.63) is 71.3 Å². The number of aliphatic hydroxyl groups excluding tert-OH is 1. The maximum Gasteiger partial charge on any atom is 0.337 e. The minimum atomic E-state index is -0.408. The number of nitrogens with zero attached hydrogens (tertiary/aromatic N) is 2. The van der Waals surface area contributed by atoms with Crippen molar-refractivity contribution in [2.75, 3.05) is 26.7 Å². The molecular formula is C26H32N2O4. The van der Waals surface area contributed by atoms with Crippen LogP contribution < -0.4 is 0 Å². The Labute approximate surface area is 189 Å². The van der Waals surface area contributed by atoms with Crippen molar-refractivity contribution >= 4 is 11.9 Å². The number of carbonyl (C=O) groups is 2. The Hall–Kier alpha value is -2.70. The van der Waals surface area contributed by atoms with E-state index in [4.69, 9.17) is 4.74 Å². The van der Waals surface area contributed by atoms with E-state index in [-0.39, 0.29) is 17.3 Å². The highest BCUT2D eigenvalue weighted by molar-refractivity contribution is 5.89. The Bertz CT molecular complexity index is 925. The van der Waals surface area contributed by atoms with Gasteiger partial charge in [0, 0.05) is 31.5 Å². The molecule has 1 unspecified atom stereocenters. The maximum atomic E-state index is 12.6. The average molecular weight is 437 g/mol. The molecule has 2 aromatic rings. The van der Waals surface area contributed by atoms with Crippen molar-refractivity contribution < 1.29 is 19.4 Å². The second-order valence-electron chi connectivity index (χ2n) is 8.84. The van der Waals surface area contributed by atoms with E-state index in [1.165, 1.54) is 12.7 Å². The number of hydrazine groups is 1. The smallest absolute Gasteiger partial charge is 0.337 e. The van der Waals surface area contributed by atoms with Crippen LogP contribution in [0.5, 0.6) is 0 Å². The van der Waals surface area contributed by atoms with Crippen LogP contribution in [0, 0.1) is 0 Å². The van der Waals surface area contributed by atoms with Crippen LogP contribution in [0.2, 0.25) is 0 Å². The number of hydrogen-bond acceptors (Lipinski definition) is 5. The molecule has 0 aromatic heterocycles. The number of methoxy groups -OCH3 is 1. The Morgan fingerprint density at radius 3 is 2.47 bits per heavy atom. The summed E-state index contributed by atoms with van der Waals surface area (Å²) in [5.41, 5.74) is 2.69. The van der Waals surface area contributed by atoms with Crippen molar-refractivity contribution in [2.45, 2.75) is 50.0 Å². The lowest BCUT2D eigenvalue weighted by Gasteiger charge is -2.39. The quantitative estimate of drug-likeness (QED) is 0.611. The van der Waals surface area contributed by atoms with Crippen molar-refractivity contribution in [2.24, 2.45) is 0 Å². The summed E-state index contributed by atoms with van der Waals surface area (Å²) in [4.78, 5) is 24.3. The van der Waals surface area contributed by atoms with Gasteiger partial charge >= 0.3 is 5.97 Å². The third kappa shape index (κ3) is 4.87. The lowest BCUT2D eigenvalue weighted by molar-refractivity contribution is -0.156. The molecule has 1 saturated heterocycles. The monoisotopic (exact) mass is 436 g/mol. The van der Waals surface area contributed by atoms with Gasteiger partial charge in [-0.1, -0.05) is 42.5 Å². The molecule has 1 atom stereocenters. The number of esters is 1. The number of ether oxygens (including phenoxy) is 1. The standard InChI is InChI=1S/C26H32N2O4/c1-32-25(31)21-11-9-20(10-12-21)13-19-28-24(30)8-5-17-27(28)18-14-23(29)26(15-16-26)22-6-3-2-4-7-22/h2-4,6-7,9-12,23,29H,5,8,13-19H2,1H3. The largest absolute Gasteiger partial charge is 0.465 e. The van der Waals surface area contributed by atoms with E-state index in [0.717, 1.165) is 31.4 Å². The topological polar surface area (TPSA) is 70.1 Å². The lowest BCUT2D eigenvalue weighted by atomic mass is 9.88. The molecule has 2 aromatic carbocycles. The van der Waals surface area contributed by atoms with Crippen LogP contribution in [-0.4, -0.2) is 59.8 Å². The zero-order chi connectivity index (χ0) is 22.6. The van der Waals surface area contributed by atoms with Gasteiger partial charge in [0.1, 0.15) is 0 Å². The van der Waals surface area contributed by atoms with Crippen LogP contribution in [0.15, 0.2) is 54.6 Å². The van der Waals surface area contributed by atoms with Crippen LogP contribution in [0.3, 0.4) is 0 Å². The lowest BCUT2D eigenvalue weighted by Crippen LogP contribution is -2.52. The second-order valence-corrected chi connectivity index (χ2v) is 8.84. The van der Waals surface area contributed by atoms with E-state index < -0.39 is 6.10 Å². The first-order valence-electron chi connectivity index (χ1n) is 11.5. The van der Waals surface area contributed by atoms with E-state index in [1.54, 1.807) is 12.1 Å². The Kier molecular flexibility index (Phi) is 6.92. The first kappa shape index (κ1) is 22.5. The normalized spacial score (nSPS) is 18.9. The van der Waals surface area contributed by atoms with Gasteiger partial charge in [-0.3, -0.25) is 9.80 Å². The van der Waals surface area contributed by atoms with Crippen molar-refractivity contribution in [3.63, 3.8) is 0 Å². The molecule has 2 aliphatic rings. The van der Waals surface area contributed by atoms with Gasteiger partial charge in [-0.2, -0.15) is 0 Å². The molecule has 170 valence electrons. The van der Waals surface area contributed by atoms with Crippen LogP contribution in [0.1, 0.15) is 53.6 Å². The van der Waals surface area contributed by atoms with Gasteiger partial charge in [0.15, 0.2) is 0 Å². The van der Waals surface area contributed by atoms with E-state index >= 15 is 0 Å². The molecule has 1 amide bonds. The highest BCUT2D eigenvalue weighted by atomic mass is 16.5. The molecule has 0 bridgehead atoms. The molecule has 1 aliphatic heterocycles. The molecule has 0 spiro atoms. The molecule has 1 saturated carbocycles. The molecule has 0 radical (unpaired) electrons. The Balaban J connectivity index is 1.34. The fourth-order valence-corrected chi connectivity index (χ4v) is 4.75. The van der Waals surface area contributed by atoms with Gasteiger partial charge in [0.2, 0.25) is 5.91 Å². The number of rotatable bonds is 9. The first-order chi connectivity index (χ1) is 15.5. The molecule has 1 aliphatic carbocycles. The highest BCUT2D eigenvalue weighted by Crippen LogP contribution is 2.51. The summed E-state index contributed by atoms with van der Waals surface area (Å²) in [7, 11) is 1.37. The fraction of sp³-hybridized carbons (Fsp3) is 0.462. The SMILES string of the molecule is COC(=O)c1ccc(CCN2C(=O)CCCN2CCC(O)C2(c3ccccc3)CC2)cc1. The zero-order valence-electron chi connectivity index (χ0n) is 18.7. The average Bonchev–Trinajstić information content (AvgIpc) is 3.64. The van der Waals surface area contributed by atoms with Gasteiger partial charge in [-0.25, -0.2) is 9.80 Å². The van der Waals surface area contributed by atoms with E-state index in [0.29, 0.717) is 37.9 Å². The number of aliphatic hydroxyl groups is 1. The van der Waals surface area contributed by atoms with Crippen LogP contribution >= 0.6 is 0 Å². The van der Waals surface area contributed by atoms with Gasteiger partial charge in [-0.15, -0.1) is 0 Å². The van der Waals surface area contributed by atoms with Crippen LogP contribution in [-0.2, 0) is 21.4 Å². The number of amides is 1. The third-order valence-electron chi connectivity index (χ3n) is 6.86. The number of benzene rings is 2. The van der Waals surface area contributed by atoms with Crippen molar-refractivity contribution in [1.29, 1.82) is 0 Å². The van der Waals surface area contributed by atoms with Gasteiger partial charge in [-0.05, 0) is 55.4 Å². The Morgan fingerprint density at radius 2 is 1.81 bits per heavy atom. The summed E-state index contributed by atoms with van der Waals surface area (Å²) < 4.78 is 4.74. The summed E-state index contributed by atoms with van der Waals surface area (Å²) in [5, 5.41) is 15.0. The molecule has 4 rings (SSSR count). The van der Waals surface area contributed by atoms with Gasteiger partial charge < -0.3 is 9.84 Å². The van der Waals surface area contributed by atoms with Crippen LogP contribution in [0.25, 0.3) is 0 Å². The molecular weight excluding hydrogens is 404 g/mol. The van der Waals surface area contributed by atoms with Crippen LogP contribution in [0.4, 0.5) is 0 Å². The summed E-state index contributed by atoms with van der Waals surface area (Å²) in [6.45, 7) is 2.09. The second kappa shape index (κ2) is 9.84. The molecule has 2 fully saturated rings. The predicted molar refractivity (Wildman–Crippen MR) is 122 cm³/mol.